The smallest absolute Gasteiger partial charge is 0.273 e. The molecular formula is C21H31N5O2. The summed E-state index contributed by atoms with van der Waals surface area (Å²) in [7, 11) is 0. The SMILES string of the molecule is CCCCCOc1cc(C)ccc1CNC(=O)c1cn(C2CCNCC2)nn1. The van der Waals surface area contributed by atoms with Crippen molar-refractivity contribution < 1.29 is 9.53 Å². The first kappa shape index (κ1) is 20.3. The summed E-state index contributed by atoms with van der Waals surface area (Å²) in [6.07, 6.45) is 7.13. The molecule has 1 fully saturated rings. The highest BCUT2D eigenvalue weighted by Gasteiger charge is 2.19. The lowest BCUT2D eigenvalue weighted by Crippen LogP contribution is -2.29. The molecule has 0 aliphatic carbocycles. The number of nitrogens with one attached hydrogen (secondary N) is 2. The molecule has 0 atom stereocenters. The molecule has 2 aromatic rings. The van der Waals surface area contributed by atoms with Crippen molar-refractivity contribution in [2.75, 3.05) is 19.7 Å². The summed E-state index contributed by atoms with van der Waals surface area (Å²) in [6.45, 7) is 7.27. The van der Waals surface area contributed by atoms with Crippen LogP contribution in [0.15, 0.2) is 24.4 Å². The minimum Gasteiger partial charge on any atom is -0.493 e. The summed E-state index contributed by atoms with van der Waals surface area (Å²) < 4.78 is 7.78. The zero-order valence-corrected chi connectivity index (χ0v) is 16.9. The van der Waals surface area contributed by atoms with Gasteiger partial charge in [-0.2, -0.15) is 0 Å². The topological polar surface area (TPSA) is 81.1 Å². The van der Waals surface area contributed by atoms with Crippen LogP contribution in [0.1, 0.15) is 66.7 Å². The summed E-state index contributed by atoms with van der Waals surface area (Å²) >= 11 is 0. The Labute approximate surface area is 166 Å². The summed E-state index contributed by atoms with van der Waals surface area (Å²) in [5, 5.41) is 14.5. The van der Waals surface area contributed by atoms with E-state index in [4.69, 9.17) is 4.74 Å². The number of piperidine rings is 1. The molecule has 1 aliphatic rings. The fraction of sp³-hybridized carbons (Fsp3) is 0.571. The predicted octanol–water partition coefficient (Wildman–Crippen LogP) is 3.01. The molecule has 0 saturated carbocycles. The number of unbranched alkanes of at least 4 members (excludes halogenated alkanes) is 2. The second kappa shape index (κ2) is 10.2. The van der Waals surface area contributed by atoms with Gasteiger partial charge in [0, 0.05) is 12.1 Å². The van der Waals surface area contributed by atoms with Gasteiger partial charge >= 0.3 is 0 Å². The van der Waals surface area contributed by atoms with Crippen LogP contribution >= 0.6 is 0 Å². The molecule has 0 bridgehead atoms. The average molecular weight is 386 g/mol. The molecule has 2 heterocycles. The van der Waals surface area contributed by atoms with Crippen LogP contribution in [0, 0.1) is 6.92 Å². The first-order valence-corrected chi connectivity index (χ1v) is 10.3. The molecule has 7 heteroatoms. The molecular weight excluding hydrogens is 354 g/mol. The summed E-state index contributed by atoms with van der Waals surface area (Å²) in [4.78, 5) is 12.5. The number of aryl methyl sites for hydroxylation is 1. The maximum atomic E-state index is 12.5. The highest BCUT2D eigenvalue weighted by atomic mass is 16.5. The van der Waals surface area contributed by atoms with E-state index in [9.17, 15) is 4.79 Å². The minimum atomic E-state index is -0.210. The quantitative estimate of drug-likeness (QED) is 0.649. The van der Waals surface area contributed by atoms with Gasteiger partial charge in [-0.15, -0.1) is 5.10 Å². The number of ether oxygens (including phenoxy) is 1. The van der Waals surface area contributed by atoms with Gasteiger partial charge < -0.3 is 15.4 Å². The molecule has 0 unspecified atom stereocenters. The number of aromatic nitrogens is 3. The number of hydrogen-bond donors (Lipinski definition) is 2. The van der Waals surface area contributed by atoms with Crippen molar-refractivity contribution in [2.24, 2.45) is 0 Å². The van der Waals surface area contributed by atoms with Gasteiger partial charge in [0.05, 0.1) is 18.8 Å². The molecule has 152 valence electrons. The Bertz CT molecular complexity index is 768. The monoisotopic (exact) mass is 385 g/mol. The molecule has 28 heavy (non-hydrogen) atoms. The van der Waals surface area contributed by atoms with Crippen LogP contribution < -0.4 is 15.4 Å². The van der Waals surface area contributed by atoms with Crippen LogP contribution in [-0.2, 0) is 6.54 Å². The first-order chi connectivity index (χ1) is 13.7. The Morgan fingerprint density at radius 1 is 1.32 bits per heavy atom. The number of benzene rings is 1. The number of amides is 1. The lowest BCUT2D eigenvalue weighted by molar-refractivity contribution is 0.0945. The molecule has 1 amide bonds. The van der Waals surface area contributed by atoms with E-state index in [-0.39, 0.29) is 5.91 Å². The zero-order valence-electron chi connectivity index (χ0n) is 16.9. The molecule has 1 saturated heterocycles. The van der Waals surface area contributed by atoms with E-state index in [1.165, 1.54) is 0 Å². The first-order valence-electron chi connectivity index (χ1n) is 10.3. The van der Waals surface area contributed by atoms with Crippen LogP contribution in [0.2, 0.25) is 0 Å². The Hall–Kier alpha value is -2.41. The maximum absolute atomic E-state index is 12.5. The zero-order chi connectivity index (χ0) is 19.8. The Morgan fingerprint density at radius 3 is 2.93 bits per heavy atom. The fourth-order valence-corrected chi connectivity index (χ4v) is 3.37. The van der Waals surface area contributed by atoms with Crippen molar-refractivity contribution in [3.05, 3.63) is 41.2 Å². The Kier molecular flexibility index (Phi) is 7.42. The van der Waals surface area contributed by atoms with Gasteiger partial charge in [0.2, 0.25) is 0 Å². The number of rotatable bonds is 9. The lowest BCUT2D eigenvalue weighted by Gasteiger charge is -2.22. The molecule has 1 aromatic heterocycles. The molecule has 1 aliphatic heterocycles. The highest BCUT2D eigenvalue weighted by molar-refractivity contribution is 5.91. The van der Waals surface area contributed by atoms with Crippen LogP contribution in [0.5, 0.6) is 5.75 Å². The van der Waals surface area contributed by atoms with Crippen molar-refractivity contribution in [1.29, 1.82) is 0 Å². The minimum absolute atomic E-state index is 0.210. The second-order valence-corrected chi connectivity index (χ2v) is 7.41. The summed E-state index contributed by atoms with van der Waals surface area (Å²) in [6, 6.07) is 6.39. The summed E-state index contributed by atoms with van der Waals surface area (Å²) in [5.74, 6) is 0.632. The van der Waals surface area contributed by atoms with Gasteiger partial charge in [0.1, 0.15) is 5.75 Å². The van der Waals surface area contributed by atoms with Gasteiger partial charge in [-0.05, 0) is 50.9 Å². The standard InChI is InChI=1S/C21H31N5O2/c1-3-4-5-12-28-20-13-16(2)6-7-17(20)14-23-21(27)19-15-26(25-24-19)18-8-10-22-11-9-18/h6-7,13,15,18,22H,3-5,8-12,14H2,1-2H3,(H,23,27). The second-order valence-electron chi connectivity index (χ2n) is 7.41. The van der Waals surface area contributed by atoms with Crippen LogP contribution in [0.25, 0.3) is 0 Å². The molecule has 0 radical (unpaired) electrons. The normalized spacial score (nSPS) is 14.8. The van der Waals surface area contributed by atoms with Crippen molar-refractivity contribution in [3.63, 3.8) is 0 Å². The average Bonchev–Trinajstić information content (AvgIpc) is 3.21. The number of carbonyl (C=O) groups excluding carboxylic acids is 1. The van der Waals surface area contributed by atoms with E-state index < -0.39 is 0 Å². The number of carbonyl (C=O) groups is 1. The van der Waals surface area contributed by atoms with Crippen LogP contribution in [0.3, 0.4) is 0 Å². The van der Waals surface area contributed by atoms with Gasteiger partial charge in [-0.25, -0.2) is 4.68 Å². The Morgan fingerprint density at radius 2 is 2.14 bits per heavy atom. The third-order valence-corrected chi connectivity index (χ3v) is 5.09. The molecule has 7 nitrogen and oxygen atoms in total. The molecule has 3 rings (SSSR count). The van der Waals surface area contributed by atoms with E-state index in [0.29, 0.717) is 24.9 Å². The van der Waals surface area contributed by atoms with E-state index >= 15 is 0 Å². The molecule has 1 aromatic carbocycles. The van der Waals surface area contributed by atoms with Gasteiger partial charge in [0.15, 0.2) is 5.69 Å². The van der Waals surface area contributed by atoms with Gasteiger partial charge in [0.25, 0.3) is 5.91 Å². The third kappa shape index (κ3) is 5.55. The van der Waals surface area contributed by atoms with Crippen LogP contribution in [-0.4, -0.2) is 40.6 Å². The maximum Gasteiger partial charge on any atom is 0.273 e. The fourth-order valence-electron chi connectivity index (χ4n) is 3.37. The number of hydrogen-bond acceptors (Lipinski definition) is 5. The Balaban J connectivity index is 1.57. The summed E-state index contributed by atoms with van der Waals surface area (Å²) in [5.41, 5.74) is 2.47. The van der Waals surface area contributed by atoms with E-state index in [1.54, 1.807) is 6.20 Å². The van der Waals surface area contributed by atoms with Gasteiger partial charge in [-0.1, -0.05) is 37.1 Å². The van der Waals surface area contributed by atoms with Gasteiger partial charge in [-0.3, -0.25) is 4.79 Å². The predicted molar refractivity (Wildman–Crippen MR) is 109 cm³/mol. The number of nitrogens with zero attached hydrogens (tertiary/aromatic N) is 3. The largest absolute Gasteiger partial charge is 0.493 e. The van der Waals surface area contributed by atoms with Crippen molar-refractivity contribution in [3.8, 4) is 5.75 Å². The van der Waals surface area contributed by atoms with E-state index in [1.807, 2.05) is 29.8 Å². The third-order valence-electron chi connectivity index (χ3n) is 5.09. The van der Waals surface area contributed by atoms with Crippen LogP contribution in [0.4, 0.5) is 0 Å². The molecule has 0 spiro atoms. The van der Waals surface area contributed by atoms with Crippen molar-refractivity contribution in [1.82, 2.24) is 25.6 Å². The van der Waals surface area contributed by atoms with E-state index in [0.717, 1.165) is 62.1 Å². The lowest BCUT2D eigenvalue weighted by atomic mass is 10.1. The van der Waals surface area contributed by atoms with Crippen molar-refractivity contribution in [2.45, 2.75) is 58.5 Å². The van der Waals surface area contributed by atoms with E-state index in [2.05, 4.69) is 27.9 Å². The van der Waals surface area contributed by atoms with Crippen molar-refractivity contribution >= 4 is 5.91 Å². The highest BCUT2D eigenvalue weighted by Crippen LogP contribution is 2.21. The molecule has 2 N–H and O–H groups in total.